The summed E-state index contributed by atoms with van der Waals surface area (Å²) in [5.41, 5.74) is 37.8. The number of aromatic nitrogens is 4. The van der Waals surface area contributed by atoms with Crippen molar-refractivity contribution in [2.75, 3.05) is 0 Å². The highest BCUT2D eigenvalue weighted by Crippen LogP contribution is 2.46. The van der Waals surface area contributed by atoms with Crippen molar-refractivity contribution in [2.45, 2.75) is 25.7 Å². The Bertz CT molecular complexity index is 4070. The quantitative estimate of drug-likeness (QED) is 0.185. The van der Waals surface area contributed by atoms with Gasteiger partial charge in [-0.2, -0.15) is 0 Å². The normalized spacial score (nSPS) is 13.5. The molecule has 0 spiro atoms. The van der Waals surface area contributed by atoms with Gasteiger partial charge in [0, 0.05) is 44.3 Å². The Kier molecular flexibility index (Phi) is 8.76. The SMILES string of the molecule is C1=Cc2nc1c(-c1ccc3c(c1)Cc1ccccc1-3)c1ccc([nH]1)c(-c1ccc3c(c1)Cc1ccccc1-3)c1nc(c(-c3ccc4c(c3)Cc3ccccc3-4)c3ccc([nH]3)c2-c2ccc3c(c2)Cc2ccccc2-3)C=C1. The summed E-state index contributed by atoms with van der Waals surface area (Å²) in [6.45, 7) is 0. The van der Waals surface area contributed by atoms with E-state index >= 15 is 0 Å². The molecule has 3 aromatic heterocycles. The van der Waals surface area contributed by atoms with Crippen LogP contribution in [0.3, 0.4) is 0 Å². The summed E-state index contributed by atoms with van der Waals surface area (Å²) in [5.74, 6) is 0. The zero-order valence-corrected chi connectivity index (χ0v) is 41.5. The molecule has 11 aromatic rings. The number of fused-ring (bicyclic) bond motifs is 20. The van der Waals surface area contributed by atoms with Crippen molar-refractivity contribution in [1.29, 1.82) is 0 Å². The fourth-order valence-electron chi connectivity index (χ4n) is 13.6. The van der Waals surface area contributed by atoms with Crippen molar-refractivity contribution < 1.29 is 0 Å². The second kappa shape index (κ2) is 15.9. The molecular weight excluding hydrogens is 921 g/mol. The van der Waals surface area contributed by atoms with Crippen molar-refractivity contribution in [3.05, 3.63) is 261 Å². The second-order valence-electron chi connectivity index (χ2n) is 21.3. The smallest absolute Gasteiger partial charge is 0.0737 e. The third kappa shape index (κ3) is 6.31. The number of benzene rings is 8. The van der Waals surface area contributed by atoms with Gasteiger partial charge >= 0.3 is 0 Å². The van der Waals surface area contributed by atoms with Gasteiger partial charge in [-0.1, -0.05) is 170 Å². The molecule has 4 aliphatic carbocycles. The Morgan fingerprint density at radius 1 is 0.237 bits per heavy atom. The first-order valence-corrected chi connectivity index (χ1v) is 26.6. The maximum atomic E-state index is 5.73. The number of H-pyrrole nitrogens is 2. The summed E-state index contributed by atoms with van der Waals surface area (Å²) in [6.07, 6.45) is 12.5. The Morgan fingerprint density at radius 3 is 0.737 bits per heavy atom. The summed E-state index contributed by atoms with van der Waals surface area (Å²) in [4.78, 5) is 19.6. The van der Waals surface area contributed by atoms with Gasteiger partial charge in [0.1, 0.15) is 0 Å². The van der Waals surface area contributed by atoms with Crippen LogP contribution < -0.4 is 0 Å². The molecule has 0 unspecified atom stereocenters. The van der Waals surface area contributed by atoms with E-state index < -0.39 is 0 Å². The summed E-state index contributed by atoms with van der Waals surface area (Å²) >= 11 is 0. The number of aromatic amines is 2. The van der Waals surface area contributed by atoms with Gasteiger partial charge in [0.2, 0.25) is 0 Å². The highest BCUT2D eigenvalue weighted by atomic mass is 14.8. The Hall–Kier alpha value is -9.64. The van der Waals surface area contributed by atoms with Crippen LogP contribution in [0.5, 0.6) is 0 Å². The lowest BCUT2D eigenvalue weighted by atomic mass is 9.98. The van der Waals surface area contributed by atoms with Crippen molar-refractivity contribution in [3.63, 3.8) is 0 Å². The van der Waals surface area contributed by atoms with E-state index in [0.29, 0.717) is 0 Å². The number of hydrogen-bond acceptors (Lipinski definition) is 2. The fourth-order valence-corrected chi connectivity index (χ4v) is 13.6. The van der Waals surface area contributed by atoms with E-state index in [0.717, 1.165) is 115 Å². The number of nitrogens with one attached hydrogen (secondary N) is 2. The Morgan fingerprint density at radius 2 is 0.474 bits per heavy atom. The first-order valence-electron chi connectivity index (χ1n) is 26.6. The fraction of sp³-hybridized carbons (Fsp3) is 0.0556. The number of rotatable bonds is 4. The minimum atomic E-state index is 0.904. The molecule has 8 aromatic carbocycles. The van der Waals surface area contributed by atoms with Gasteiger partial charge in [-0.25, -0.2) is 9.97 Å². The zero-order chi connectivity index (χ0) is 49.6. The lowest BCUT2D eigenvalue weighted by Gasteiger charge is -2.10. The van der Waals surface area contributed by atoms with Crippen LogP contribution in [0, 0.1) is 0 Å². The molecule has 4 heteroatoms. The highest BCUT2D eigenvalue weighted by molar-refractivity contribution is 6.01. The van der Waals surface area contributed by atoms with Gasteiger partial charge in [0.05, 0.1) is 22.8 Å². The molecule has 0 saturated carbocycles. The average Bonchev–Trinajstić information content (AvgIpc) is 4.39. The Balaban J connectivity index is 0.956. The molecule has 0 atom stereocenters. The minimum absolute atomic E-state index is 0.904. The van der Waals surface area contributed by atoms with E-state index in [1.54, 1.807) is 0 Å². The standard InChI is InChI=1S/C72H46N4/c1-5-13-53-41(9-1)33-49-37-45(17-21-57(49)53)69-61-25-27-63(73-61)70(46-18-22-58-50(38-46)34-42-10-2-6-14-54(42)58)65-29-31-67(75-65)72(48-20-24-60-52(40-48)36-44-12-4-8-16-56(44)60)68-32-30-66(76-68)71(64-28-26-62(69)74-64)47-19-23-59-51(39-47)35-43-11-3-7-15-55(43)59/h1-32,37-40,73,76H,33-36H2. The van der Waals surface area contributed by atoms with Crippen molar-refractivity contribution in [2.24, 2.45) is 0 Å². The molecule has 0 radical (unpaired) electrons. The molecule has 76 heavy (non-hydrogen) atoms. The molecule has 354 valence electrons. The number of nitrogens with zero attached hydrogens (tertiary/aromatic N) is 2. The summed E-state index contributed by atoms with van der Waals surface area (Å²) < 4.78 is 0. The number of hydrogen-bond donors (Lipinski definition) is 2. The zero-order valence-electron chi connectivity index (χ0n) is 41.5. The van der Waals surface area contributed by atoms with E-state index in [1.807, 2.05) is 0 Å². The van der Waals surface area contributed by atoms with Crippen LogP contribution in [0.2, 0.25) is 0 Å². The first-order chi connectivity index (χ1) is 37.6. The molecule has 5 heterocycles. The van der Waals surface area contributed by atoms with Crippen molar-refractivity contribution >= 4 is 46.4 Å². The summed E-state index contributed by atoms with van der Waals surface area (Å²) in [6, 6.07) is 72.4. The lowest BCUT2D eigenvalue weighted by Crippen LogP contribution is -1.92. The lowest BCUT2D eigenvalue weighted by molar-refractivity contribution is 1.26. The third-order valence-corrected chi connectivity index (χ3v) is 17.1. The van der Waals surface area contributed by atoms with Crippen LogP contribution in [0.25, 0.3) is 135 Å². The van der Waals surface area contributed by atoms with Gasteiger partial charge in [-0.05, 0) is 186 Å². The van der Waals surface area contributed by atoms with Crippen LogP contribution in [0.4, 0.5) is 0 Å². The van der Waals surface area contributed by atoms with Gasteiger partial charge < -0.3 is 9.97 Å². The van der Waals surface area contributed by atoms with Crippen LogP contribution in [0.15, 0.2) is 194 Å². The molecule has 2 N–H and O–H groups in total. The summed E-state index contributed by atoms with van der Waals surface area (Å²) in [7, 11) is 0. The molecule has 8 bridgehead atoms. The first kappa shape index (κ1) is 41.8. The predicted molar refractivity (Wildman–Crippen MR) is 314 cm³/mol. The Labute approximate surface area is 440 Å². The second-order valence-corrected chi connectivity index (χ2v) is 21.3. The van der Waals surface area contributed by atoms with Crippen LogP contribution >= 0.6 is 0 Å². The largest absolute Gasteiger partial charge is 0.354 e. The topological polar surface area (TPSA) is 57.4 Å². The molecule has 17 rings (SSSR count). The van der Waals surface area contributed by atoms with Crippen molar-refractivity contribution in [3.8, 4) is 89.0 Å². The van der Waals surface area contributed by atoms with E-state index in [1.165, 1.54) is 89.0 Å². The average molecular weight is 967 g/mol. The monoisotopic (exact) mass is 966 g/mol. The van der Waals surface area contributed by atoms with E-state index in [2.05, 4.69) is 228 Å². The molecule has 6 aliphatic rings. The van der Waals surface area contributed by atoms with E-state index in [9.17, 15) is 0 Å². The predicted octanol–water partition coefficient (Wildman–Crippen LogP) is 17.6. The third-order valence-electron chi connectivity index (χ3n) is 17.1. The van der Waals surface area contributed by atoms with Gasteiger partial charge in [0.25, 0.3) is 0 Å². The van der Waals surface area contributed by atoms with E-state index in [-0.39, 0.29) is 0 Å². The molecule has 0 saturated heterocycles. The minimum Gasteiger partial charge on any atom is -0.354 e. The van der Waals surface area contributed by atoms with Crippen LogP contribution in [-0.4, -0.2) is 19.9 Å². The molecular formula is C72H46N4. The van der Waals surface area contributed by atoms with E-state index in [4.69, 9.17) is 9.97 Å². The van der Waals surface area contributed by atoms with Crippen LogP contribution in [0.1, 0.15) is 67.3 Å². The van der Waals surface area contributed by atoms with Crippen molar-refractivity contribution in [1.82, 2.24) is 19.9 Å². The maximum Gasteiger partial charge on any atom is 0.0737 e. The highest BCUT2D eigenvalue weighted by Gasteiger charge is 2.26. The van der Waals surface area contributed by atoms with Crippen LogP contribution in [-0.2, 0) is 25.7 Å². The summed E-state index contributed by atoms with van der Waals surface area (Å²) in [5, 5.41) is 0. The maximum absolute atomic E-state index is 5.73. The van der Waals surface area contributed by atoms with Gasteiger partial charge in [0.15, 0.2) is 0 Å². The van der Waals surface area contributed by atoms with Gasteiger partial charge in [-0.15, -0.1) is 0 Å². The van der Waals surface area contributed by atoms with Gasteiger partial charge in [-0.3, -0.25) is 0 Å². The molecule has 4 nitrogen and oxygen atoms in total. The molecule has 2 aliphatic heterocycles. The molecule has 0 amide bonds. The molecule has 0 fully saturated rings.